The van der Waals surface area contributed by atoms with Gasteiger partial charge in [-0.25, -0.2) is 5.43 Å². The van der Waals surface area contributed by atoms with Gasteiger partial charge in [0.1, 0.15) is 6.10 Å². The Bertz CT molecular complexity index is 1000. The molecule has 5 rings (SSSR count). The molecule has 6 atom stereocenters. The minimum atomic E-state index is -0.173. The lowest BCUT2D eigenvalue weighted by atomic mass is 9.48. The van der Waals surface area contributed by atoms with Gasteiger partial charge in [0.15, 0.2) is 0 Å². The van der Waals surface area contributed by atoms with E-state index in [2.05, 4.69) is 35.4 Å². The number of carbonyl (C=O) groups is 2. The number of amides is 1. The Kier molecular flexibility index (Phi) is 5.66. The highest BCUT2D eigenvalue weighted by atomic mass is 16.5. The van der Waals surface area contributed by atoms with Gasteiger partial charge in [-0.15, -0.1) is 0 Å². The van der Waals surface area contributed by atoms with Gasteiger partial charge >= 0.3 is 5.97 Å². The lowest BCUT2D eigenvalue weighted by Gasteiger charge is -2.57. The molecule has 6 heteroatoms. The summed E-state index contributed by atoms with van der Waals surface area (Å²) in [6.45, 7) is 6.35. The van der Waals surface area contributed by atoms with Crippen LogP contribution in [0.2, 0.25) is 0 Å². The van der Waals surface area contributed by atoms with E-state index in [-0.39, 0.29) is 28.8 Å². The summed E-state index contributed by atoms with van der Waals surface area (Å²) >= 11 is 0. The van der Waals surface area contributed by atoms with Gasteiger partial charge in [-0.05, 0) is 80.2 Å². The average Bonchev–Trinajstić information content (AvgIpc) is 3.14. The number of hydrogen-bond donors (Lipinski definition) is 1. The molecule has 1 amide bonds. The number of nitrogens with zero attached hydrogens (tertiary/aromatic N) is 2. The summed E-state index contributed by atoms with van der Waals surface area (Å²) in [5.41, 5.74) is 6.35. The van der Waals surface area contributed by atoms with E-state index in [0.717, 1.165) is 50.7 Å². The number of nitrogens with one attached hydrogen (secondary N) is 1. The number of aromatic nitrogens is 1. The second-order valence-electron chi connectivity index (χ2n) is 11.0. The van der Waals surface area contributed by atoms with Crippen LogP contribution in [0.3, 0.4) is 0 Å². The number of fused-ring (bicyclic) bond motifs is 5. The van der Waals surface area contributed by atoms with Crippen LogP contribution in [0.25, 0.3) is 0 Å². The molecule has 0 radical (unpaired) electrons. The van der Waals surface area contributed by atoms with Crippen molar-refractivity contribution in [3.05, 3.63) is 41.7 Å². The highest BCUT2D eigenvalue weighted by molar-refractivity contribution is 5.97. The third-order valence-corrected chi connectivity index (χ3v) is 9.37. The Morgan fingerprint density at radius 1 is 1.09 bits per heavy atom. The molecule has 4 aliphatic rings. The Labute approximate surface area is 196 Å². The van der Waals surface area contributed by atoms with Crippen LogP contribution in [0.1, 0.15) is 82.5 Å². The molecule has 6 nitrogen and oxygen atoms in total. The smallest absolute Gasteiger partial charge is 0.302 e. The molecule has 0 spiro atoms. The number of carbonyl (C=O) groups excluding carboxylic acids is 2. The highest BCUT2D eigenvalue weighted by Gasteiger charge is 2.58. The van der Waals surface area contributed by atoms with Gasteiger partial charge in [0.2, 0.25) is 0 Å². The number of esters is 1. The molecule has 176 valence electrons. The summed E-state index contributed by atoms with van der Waals surface area (Å²) in [7, 11) is 0. The first-order chi connectivity index (χ1) is 15.8. The molecule has 1 aromatic heterocycles. The van der Waals surface area contributed by atoms with E-state index >= 15 is 0 Å². The molecule has 3 fully saturated rings. The number of allylic oxidation sites excluding steroid dienone is 1. The third-order valence-electron chi connectivity index (χ3n) is 9.37. The molecule has 0 unspecified atom stereocenters. The largest absolute Gasteiger partial charge is 0.462 e. The van der Waals surface area contributed by atoms with Crippen molar-refractivity contribution in [1.29, 1.82) is 0 Å². The van der Waals surface area contributed by atoms with Crippen molar-refractivity contribution in [2.75, 3.05) is 0 Å². The lowest BCUT2D eigenvalue weighted by Crippen LogP contribution is -2.50. The van der Waals surface area contributed by atoms with Crippen molar-refractivity contribution < 1.29 is 14.3 Å². The minimum Gasteiger partial charge on any atom is -0.462 e. The molecule has 1 N–H and O–H groups in total. The molecule has 1 heterocycles. The van der Waals surface area contributed by atoms with Gasteiger partial charge < -0.3 is 4.74 Å². The Hall–Kier alpha value is -2.50. The van der Waals surface area contributed by atoms with E-state index < -0.39 is 0 Å². The third kappa shape index (κ3) is 3.81. The van der Waals surface area contributed by atoms with Crippen LogP contribution in [-0.4, -0.2) is 28.7 Å². The quantitative estimate of drug-likeness (QED) is 0.397. The van der Waals surface area contributed by atoms with Crippen LogP contribution in [0, 0.1) is 28.6 Å². The predicted molar refractivity (Wildman–Crippen MR) is 126 cm³/mol. The van der Waals surface area contributed by atoms with E-state index in [1.54, 1.807) is 24.5 Å². The second kappa shape index (κ2) is 8.37. The van der Waals surface area contributed by atoms with Crippen LogP contribution >= 0.6 is 0 Å². The summed E-state index contributed by atoms with van der Waals surface area (Å²) in [5.74, 6) is 1.60. The van der Waals surface area contributed by atoms with E-state index in [9.17, 15) is 9.59 Å². The zero-order chi connectivity index (χ0) is 23.2. The summed E-state index contributed by atoms with van der Waals surface area (Å²) in [6.07, 6.45) is 14.3. The van der Waals surface area contributed by atoms with Crippen molar-refractivity contribution in [2.24, 2.45) is 33.7 Å². The number of rotatable bonds is 3. The average molecular weight is 450 g/mol. The number of pyridine rings is 1. The Morgan fingerprint density at radius 3 is 2.58 bits per heavy atom. The zero-order valence-electron chi connectivity index (χ0n) is 20.0. The van der Waals surface area contributed by atoms with Crippen molar-refractivity contribution in [3.63, 3.8) is 0 Å². The molecule has 0 saturated heterocycles. The van der Waals surface area contributed by atoms with Crippen molar-refractivity contribution >= 4 is 17.6 Å². The topological polar surface area (TPSA) is 80.6 Å². The lowest BCUT2D eigenvalue weighted by molar-refractivity contribution is -0.148. The summed E-state index contributed by atoms with van der Waals surface area (Å²) in [5, 5.41) is 4.66. The fourth-order valence-corrected chi connectivity index (χ4v) is 7.62. The normalized spacial score (nSPS) is 38.5. The fourth-order valence-electron chi connectivity index (χ4n) is 7.62. The molecule has 4 aliphatic carbocycles. The van der Waals surface area contributed by atoms with Crippen molar-refractivity contribution in [3.8, 4) is 0 Å². The Balaban J connectivity index is 1.33. The zero-order valence-corrected chi connectivity index (χ0v) is 20.0. The molecule has 3 saturated carbocycles. The number of ether oxygens (including phenoxy) is 1. The molecular weight excluding hydrogens is 414 g/mol. The summed E-state index contributed by atoms with van der Waals surface area (Å²) in [4.78, 5) is 27.9. The first-order valence-electron chi connectivity index (χ1n) is 12.5. The monoisotopic (exact) mass is 449 g/mol. The molecule has 0 aromatic carbocycles. The molecule has 0 aliphatic heterocycles. The van der Waals surface area contributed by atoms with Crippen LogP contribution in [-0.2, 0) is 9.53 Å². The van der Waals surface area contributed by atoms with E-state index in [4.69, 9.17) is 4.74 Å². The molecule has 1 aromatic rings. The van der Waals surface area contributed by atoms with Gasteiger partial charge in [-0.2, -0.15) is 5.10 Å². The number of hydrazone groups is 1. The number of hydrogen-bond acceptors (Lipinski definition) is 5. The van der Waals surface area contributed by atoms with E-state index in [1.165, 1.54) is 18.9 Å². The van der Waals surface area contributed by atoms with Gasteiger partial charge in [-0.3, -0.25) is 14.6 Å². The maximum Gasteiger partial charge on any atom is 0.302 e. The summed E-state index contributed by atoms with van der Waals surface area (Å²) < 4.78 is 5.57. The van der Waals surface area contributed by atoms with Gasteiger partial charge in [0.25, 0.3) is 5.91 Å². The maximum absolute atomic E-state index is 12.5. The molecule has 33 heavy (non-hydrogen) atoms. The van der Waals surface area contributed by atoms with Crippen LogP contribution < -0.4 is 5.43 Å². The highest BCUT2D eigenvalue weighted by Crippen LogP contribution is 2.64. The summed E-state index contributed by atoms with van der Waals surface area (Å²) in [6, 6.07) is 3.42. The van der Waals surface area contributed by atoms with Gasteiger partial charge in [0, 0.05) is 42.4 Å². The molecule has 0 bridgehead atoms. The SMILES string of the molecule is CC(=O)O[C@H]1CC[C@@]2(C)C(=CC[C@H]3[C@H]2CC[C@@]2(C)/C(=N\NC(=O)c4ccncc4)CC[C@H]32)C1. The second-order valence-corrected chi connectivity index (χ2v) is 11.0. The molecular formula is C27H35N3O3. The first-order valence-corrected chi connectivity index (χ1v) is 12.5. The fraction of sp³-hybridized carbons (Fsp3) is 0.630. The van der Waals surface area contributed by atoms with E-state index in [0.29, 0.717) is 23.3 Å². The van der Waals surface area contributed by atoms with Crippen LogP contribution in [0.4, 0.5) is 0 Å². The van der Waals surface area contributed by atoms with Crippen LogP contribution in [0.5, 0.6) is 0 Å². The Morgan fingerprint density at radius 2 is 1.82 bits per heavy atom. The van der Waals surface area contributed by atoms with Gasteiger partial charge in [0.05, 0.1) is 0 Å². The minimum absolute atomic E-state index is 0.0430. The maximum atomic E-state index is 12.5. The van der Waals surface area contributed by atoms with E-state index in [1.807, 2.05) is 0 Å². The van der Waals surface area contributed by atoms with Crippen molar-refractivity contribution in [2.45, 2.75) is 78.2 Å². The van der Waals surface area contributed by atoms with Crippen molar-refractivity contribution in [1.82, 2.24) is 10.4 Å². The standard InChI is InChI=1S/C27H35N3O3/c1-17(31)33-20-8-12-26(2)19(16-20)4-5-21-22-6-7-24(27(22,3)13-9-23(21)26)29-30-25(32)18-10-14-28-15-11-18/h4,10-11,14-15,20-23H,5-9,12-13,16H2,1-3H3,(H,30,32)/b29-24-/t20-,21+,22+,23+,26-,27+/m0/s1. The van der Waals surface area contributed by atoms with Crippen LogP contribution in [0.15, 0.2) is 41.3 Å². The predicted octanol–water partition coefficient (Wildman–Crippen LogP) is 5.06. The first kappa shape index (κ1) is 22.3. The van der Waals surface area contributed by atoms with Gasteiger partial charge in [-0.1, -0.05) is 25.5 Å².